The van der Waals surface area contributed by atoms with Gasteiger partial charge < -0.3 is 24.8 Å². The molecule has 1 aromatic carbocycles. The van der Waals surface area contributed by atoms with Gasteiger partial charge in [0.25, 0.3) is 0 Å². The molecule has 0 aliphatic heterocycles. The van der Waals surface area contributed by atoms with Crippen molar-refractivity contribution in [3.05, 3.63) is 23.8 Å². The second-order valence-corrected chi connectivity index (χ2v) is 7.42. The summed E-state index contributed by atoms with van der Waals surface area (Å²) in [5.41, 5.74) is 0.888. The Bertz CT molecular complexity index is 662. The summed E-state index contributed by atoms with van der Waals surface area (Å²) in [7, 11) is 3.97. The molecule has 2 rings (SSSR count). The molecule has 7 heteroatoms. The van der Waals surface area contributed by atoms with Crippen LogP contribution in [0.5, 0.6) is 11.5 Å². The number of likely N-dealkylation sites (N-methyl/N-ethyl adjacent to an activating group) is 1. The molecular weight excluding hydrogens is 360 g/mol. The molecule has 1 aliphatic rings. The molecular formula is C21H32N2O5. The maximum Gasteiger partial charge on any atom is 0.307 e. The number of ether oxygens (including phenoxy) is 2. The van der Waals surface area contributed by atoms with E-state index in [9.17, 15) is 14.7 Å². The number of aliphatic carboxylic acids is 1. The second kappa shape index (κ2) is 10.9. The molecule has 1 saturated carbocycles. The van der Waals surface area contributed by atoms with Crippen molar-refractivity contribution in [2.75, 3.05) is 33.9 Å². The molecule has 2 unspecified atom stereocenters. The Morgan fingerprint density at radius 2 is 1.86 bits per heavy atom. The lowest BCUT2D eigenvalue weighted by Crippen LogP contribution is -2.39. The standard InChI is InChI=1S/C21H32N2O5/c1-4-27-19-13-15(9-10-18(19)28-12-11-23(2)3)14-22-20(24)16-7-5-6-8-17(16)21(25)26/h9-10,13,16-17H,4-8,11-12,14H2,1-3H3,(H,22,24)(H,25,26). The van der Waals surface area contributed by atoms with Gasteiger partial charge in [-0.3, -0.25) is 9.59 Å². The van der Waals surface area contributed by atoms with Gasteiger partial charge in [-0.05, 0) is 51.6 Å². The van der Waals surface area contributed by atoms with E-state index in [1.807, 2.05) is 44.1 Å². The number of amides is 1. The predicted octanol–water partition coefficient (Wildman–Crippen LogP) is 2.53. The summed E-state index contributed by atoms with van der Waals surface area (Å²) in [4.78, 5) is 26.0. The normalized spacial score (nSPS) is 19.3. The van der Waals surface area contributed by atoms with Crippen molar-refractivity contribution in [2.24, 2.45) is 11.8 Å². The molecule has 7 nitrogen and oxygen atoms in total. The van der Waals surface area contributed by atoms with Crippen LogP contribution in [0, 0.1) is 11.8 Å². The lowest BCUT2D eigenvalue weighted by molar-refractivity contribution is -0.148. The zero-order chi connectivity index (χ0) is 20.5. The zero-order valence-corrected chi connectivity index (χ0v) is 17.1. The average molecular weight is 392 g/mol. The molecule has 1 aromatic rings. The van der Waals surface area contributed by atoms with E-state index in [1.165, 1.54) is 0 Å². The molecule has 0 aromatic heterocycles. The smallest absolute Gasteiger partial charge is 0.307 e. The Hall–Kier alpha value is -2.28. The fraction of sp³-hybridized carbons (Fsp3) is 0.619. The first-order valence-corrected chi connectivity index (χ1v) is 9.96. The molecule has 0 heterocycles. The molecule has 0 bridgehead atoms. The van der Waals surface area contributed by atoms with E-state index in [2.05, 4.69) is 5.32 Å². The molecule has 2 N–H and O–H groups in total. The average Bonchev–Trinajstić information content (AvgIpc) is 2.67. The summed E-state index contributed by atoms with van der Waals surface area (Å²) in [6, 6.07) is 5.61. The van der Waals surface area contributed by atoms with Crippen molar-refractivity contribution in [3.63, 3.8) is 0 Å². The van der Waals surface area contributed by atoms with E-state index in [0.717, 1.165) is 24.9 Å². The lowest BCUT2D eigenvalue weighted by Gasteiger charge is -2.27. The van der Waals surface area contributed by atoms with Crippen molar-refractivity contribution in [1.29, 1.82) is 0 Å². The Morgan fingerprint density at radius 3 is 2.50 bits per heavy atom. The van der Waals surface area contributed by atoms with Crippen molar-refractivity contribution in [3.8, 4) is 11.5 Å². The first-order valence-electron chi connectivity index (χ1n) is 9.96. The first-order chi connectivity index (χ1) is 13.4. The molecule has 1 aliphatic carbocycles. The quantitative estimate of drug-likeness (QED) is 0.636. The molecule has 0 radical (unpaired) electrons. The number of benzene rings is 1. The van der Waals surface area contributed by atoms with Gasteiger partial charge in [-0.15, -0.1) is 0 Å². The van der Waals surface area contributed by atoms with Crippen LogP contribution in [0.15, 0.2) is 18.2 Å². The molecule has 156 valence electrons. The van der Waals surface area contributed by atoms with Crippen LogP contribution in [0.25, 0.3) is 0 Å². The van der Waals surface area contributed by atoms with Crippen LogP contribution in [-0.4, -0.2) is 55.7 Å². The van der Waals surface area contributed by atoms with Crippen molar-refractivity contribution >= 4 is 11.9 Å². The van der Waals surface area contributed by atoms with E-state index < -0.39 is 17.8 Å². The van der Waals surface area contributed by atoms with Crippen LogP contribution in [0.3, 0.4) is 0 Å². The number of nitrogens with zero attached hydrogens (tertiary/aromatic N) is 1. The summed E-state index contributed by atoms with van der Waals surface area (Å²) < 4.78 is 11.5. The third kappa shape index (κ3) is 6.41. The van der Waals surface area contributed by atoms with Crippen LogP contribution in [-0.2, 0) is 16.1 Å². The van der Waals surface area contributed by atoms with Gasteiger partial charge in [-0.1, -0.05) is 18.9 Å². The van der Waals surface area contributed by atoms with E-state index in [0.29, 0.717) is 44.1 Å². The summed E-state index contributed by atoms with van der Waals surface area (Å²) in [5.74, 6) is -0.772. The minimum Gasteiger partial charge on any atom is -0.490 e. The predicted molar refractivity (Wildman–Crippen MR) is 107 cm³/mol. The third-order valence-electron chi connectivity index (χ3n) is 4.99. The van der Waals surface area contributed by atoms with Crippen molar-refractivity contribution in [1.82, 2.24) is 10.2 Å². The van der Waals surface area contributed by atoms with Gasteiger partial charge >= 0.3 is 5.97 Å². The van der Waals surface area contributed by atoms with Gasteiger partial charge in [-0.2, -0.15) is 0 Å². The van der Waals surface area contributed by atoms with Crippen LogP contribution in [0.4, 0.5) is 0 Å². The Balaban J connectivity index is 1.98. The Labute approximate surface area is 167 Å². The lowest BCUT2D eigenvalue weighted by atomic mass is 9.78. The van der Waals surface area contributed by atoms with Crippen LogP contribution in [0.1, 0.15) is 38.2 Å². The number of rotatable bonds is 10. The fourth-order valence-corrected chi connectivity index (χ4v) is 3.45. The summed E-state index contributed by atoms with van der Waals surface area (Å²) in [5, 5.41) is 12.3. The Kier molecular flexibility index (Phi) is 8.57. The minimum absolute atomic E-state index is 0.184. The van der Waals surface area contributed by atoms with Gasteiger partial charge in [0.1, 0.15) is 6.61 Å². The van der Waals surface area contributed by atoms with Crippen LogP contribution >= 0.6 is 0 Å². The second-order valence-electron chi connectivity index (χ2n) is 7.42. The van der Waals surface area contributed by atoms with Crippen molar-refractivity contribution < 1.29 is 24.2 Å². The fourth-order valence-electron chi connectivity index (χ4n) is 3.45. The Morgan fingerprint density at radius 1 is 1.14 bits per heavy atom. The zero-order valence-electron chi connectivity index (χ0n) is 17.1. The maximum absolute atomic E-state index is 12.5. The van der Waals surface area contributed by atoms with E-state index in [1.54, 1.807) is 0 Å². The summed E-state index contributed by atoms with van der Waals surface area (Å²) in [6.45, 7) is 4.12. The highest BCUT2D eigenvalue weighted by molar-refractivity contribution is 5.84. The van der Waals surface area contributed by atoms with Crippen LogP contribution in [0.2, 0.25) is 0 Å². The molecule has 2 atom stereocenters. The van der Waals surface area contributed by atoms with Gasteiger partial charge in [0, 0.05) is 13.1 Å². The minimum atomic E-state index is -0.877. The van der Waals surface area contributed by atoms with Gasteiger partial charge in [0.2, 0.25) is 5.91 Å². The van der Waals surface area contributed by atoms with Gasteiger partial charge in [0.15, 0.2) is 11.5 Å². The van der Waals surface area contributed by atoms with E-state index in [-0.39, 0.29) is 5.91 Å². The summed E-state index contributed by atoms with van der Waals surface area (Å²) >= 11 is 0. The topological polar surface area (TPSA) is 88.1 Å². The largest absolute Gasteiger partial charge is 0.490 e. The number of hydrogen-bond acceptors (Lipinski definition) is 5. The number of carbonyl (C=O) groups excluding carboxylic acids is 1. The number of hydrogen-bond donors (Lipinski definition) is 2. The molecule has 1 fully saturated rings. The number of carboxylic acids is 1. The molecule has 0 spiro atoms. The monoisotopic (exact) mass is 392 g/mol. The number of carboxylic acid groups (broad SMARTS) is 1. The highest BCUT2D eigenvalue weighted by Gasteiger charge is 2.35. The summed E-state index contributed by atoms with van der Waals surface area (Å²) in [6.07, 6.45) is 2.97. The van der Waals surface area contributed by atoms with Gasteiger partial charge in [-0.25, -0.2) is 0 Å². The molecule has 28 heavy (non-hydrogen) atoms. The third-order valence-corrected chi connectivity index (χ3v) is 4.99. The highest BCUT2D eigenvalue weighted by Crippen LogP contribution is 2.31. The first kappa shape index (κ1) is 22.0. The van der Waals surface area contributed by atoms with E-state index >= 15 is 0 Å². The van der Waals surface area contributed by atoms with Crippen molar-refractivity contribution in [2.45, 2.75) is 39.2 Å². The van der Waals surface area contributed by atoms with Crippen LogP contribution < -0.4 is 14.8 Å². The van der Waals surface area contributed by atoms with Gasteiger partial charge in [0.05, 0.1) is 18.4 Å². The SMILES string of the molecule is CCOc1cc(CNC(=O)C2CCCCC2C(=O)O)ccc1OCCN(C)C. The number of nitrogens with one attached hydrogen (secondary N) is 1. The molecule has 1 amide bonds. The number of carbonyl (C=O) groups is 2. The molecule has 0 saturated heterocycles. The highest BCUT2D eigenvalue weighted by atomic mass is 16.5. The van der Waals surface area contributed by atoms with E-state index in [4.69, 9.17) is 9.47 Å². The maximum atomic E-state index is 12.5.